The first-order chi connectivity index (χ1) is 15.9. The summed E-state index contributed by atoms with van der Waals surface area (Å²) < 4.78 is 5.76. The van der Waals surface area contributed by atoms with Crippen molar-refractivity contribution in [3.63, 3.8) is 0 Å². The number of benzene rings is 3. The van der Waals surface area contributed by atoms with E-state index in [1.807, 2.05) is 42.5 Å². The third kappa shape index (κ3) is 5.17. The van der Waals surface area contributed by atoms with E-state index in [9.17, 15) is 25.0 Å². The summed E-state index contributed by atoms with van der Waals surface area (Å²) in [6.45, 7) is 0. The highest BCUT2D eigenvalue weighted by Crippen LogP contribution is 2.29. The number of carbonyl (C=O) groups is 1. The first-order valence-corrected chi connectivity index (χ1v) is 10.3. The summed E-state index contributed by atoms with van der Waals surface area (Å²) >= 11 is 1.15. The molecule has 4 rings (SSSR count). The van der Waals surface area contributed by atoms with E-state index in [1.54, 1.807) is 17.5 Å². The van der Waals surface area contributed by atoms with Gasteiger partial charge in [0.25, 0.3) is 17.3 Å². The number of thiazole rings is 1. The number of hydrogen-bond donors (Lipinski definition) is 1. The van der Waals surface area contributed by atoms with Crippen molar-refractivity contribution in [2.75, 3.05) is 5.32 Å². The van der Waals surface area contributed by atoms with Crippen molar-refractivity contribution < 1.29 is 19.4 Å². The highest BCUT2D eigenvalue weighted by atomic mass is 32.1. The molecule has 11 heteroatoms. The standard InChI is InChI=1S/C22H14N4O6S/c27-21(15-10-16(25(28)29)12-17(11-15)26(30)31)24-22-23-20(13-33-22)14-6-8-19(9-7-14)32-18-4-2-1-3-5-18/h1-13H,(H,23,24,27). The molecule has 164 valence electrons. The molecule has 1 heterocycles. The number of ether oxygens (including phenoxy) is 1. The van der Waals surface area contributed by atoms with Crippen LogP contribution in [-0.2, 0) is 0 Å². The van der Waals surface area contributed by atoms with E-state index in [2.05, 4.69) is 10.3 Å². The number of aromatic nitrogens is 1. The van der Waals surface area contributed by atoms with Crippen LogP contribution in [-0.4, -0.2) is 20.7 Å². The van der Waals surface area contributed by atoms with Gasteiger partial charge in [-0.05, 0) is 36.4 Å². The summed E-state index contributed by atoms with van der Waals surface area (Å²) in [6.07, 6.45) is 0. The highest BCUT2D eigenvalue weighted by molar-refractivity contribution is 7.14. The number of hydrogen-bond acceptors (Lipinski definition) is 8. The van der Waals surface area contributed by atoms with Crippen LogP contribution in [0.15, 0.2) is 78.2 Å². The number of non-ortho nitro benzene ring substituents is 2. The Hall–Kier alpha value is -4.64. The number of nitro benzene ring substituents is 2. The Morgan fingerprint density at radius 2 is 1.48 bits per heavy atom. The lowest BCUT2D eigenvalue weighted by molar-refractivity contribution is -0.394. The van der Waals surface area contributed by atoms with Gasteiger partial charge in [-0.15, -0.1) is 11.3 Å². The molecule has 0 atom stereocenters. The maximum Gasteiger partial charge on any atom is 0.277 e. The fourth-order valence-corrected chi connectivity index (χ4v) is 3.60. The van der Waals surface area contributed by atoms with Gasteiger partial charge in [0.2, 0.25) is 0 Å². The second-order valence-corrected chi connectivity index (χ2v) is 7.54. The molecule has 33 heavy (non-hydrogen) atoms. The summed E-state index contributed by atoms with van der Waals surface area (Å²) in [5, 5.41) is 26.6. The largest absolute Gasteiger partial charge is 0.457 e. The minimum Gasteiger partial charge on any atom is -0.457 e. The van der Waals surface area contributed by atoms with Crippen LogP contribution in [0.4, 0.5) is 16.5 Å². The summed E-state index contributed by atoms with van der Waals surface area (Å²) in [6, 6.07) is 19.3. The zero-order valence-corrected chi connectivity index (χ0v) is 17.5. The lowest BCUT2D eigenvalue weighted by Crippen LogP contribution is -2.12. The van der Waals surface area contributed by atoms with Gasteiger partial charge < -0.3 is 4.74 Å². The molecule has 0 unspecified atom stereocenters. The minimum absolute atomic E-state index is 0.213. The average molecular weight is 462 g/mol. The van der Waals surface area contributed by atoms with Crippen molar-refractivity contribution in [2.24, 2.45) is 0 Å². The molecule has 0 aliphatic rings. The summed E-state index contributed by atoms with van der Waals surface area (Å²) in [5.41, 5.74) is 0.0822. The van der Waals surface area contributed by atoms with Crippen molar-refractivity contribution in [2.45, 2.75) is 0 Å². The second-order valence-electron chi connectivity index (χ2n) is 6.68. The van der Waals surface area contributed by atoms with Gasteiger partial charge >= 0.3 is 0 Å². The first kappa shape index (κ1) is 21.6. The number of nitrogens with one attached hydrogen (secondary N) is 1. The first-order valence-electron chi connectivity index (χ1n) is 9.43. The Morgan fingerprint density at radius 1 is 0.879 bits per heavy atom. The molecule has 0 bridgehead atoms. The van der Waals surface area contributed by atoms with Crippen LogP contribution in [0.5, 0.6) is 11.5 Å². The molecule has 0 saturated carbocycles. The van der Waals surface area contributed by atoms with Crippen LogP contribution in [0, 0.1) is 20.2 Å². The van der Waals surface area contributed by atoms with Crippen LogP contribution in [0.2, 0.25) is 0 Å². The van der Waals surface area contributed by atoms with Gasteiger partial charge in [0, 0.05) is 23.1 Å². The molecule has 4 aromatic rings. The van der Waals surface area contributed by atoms with Gasteiger partial charge in [0.15, 0.2) is 5.13 Å². The number of nitrogens with zero attached hydrogens (tertiary/aromatic N) is 3. The Kier molecular flexibility index (Phi) is 6.04. The van der Waals surface area contributed by atoms with E-state index < -0.39 is 27.1 Å². The van der Waals surface area contributed by atoms with Gasteiger partial charge in [-0.2, -0.15) is 0 Å². The molecule has 0 radical (unpaired) electrons. The maximum absolute atomic E-state index is 12.5. The number of para-hydroxylation sites is 1. The molecule has 1 amide bonds. The Morgan fingerprint density at radius 3 is 2.09 bits per heavy atom. The van der Waals surface area contributed by atoms with Crippen LogP contribution in [0.3, 0.4) is 0 Å². The smallest absolute Gasteiger partial charge is 0.277 e. The van der Waals surface area contributed by atoms with E-state index in [-0.39, 0.29) is 10.7 Å². The van der Waals surface area contributed by atoms with Gasteiger partial charge in [-0.1, -0.05) is 18.2 Å². The Labute approximate surface area is 190 Å². The highest BCUT2D eigenvalue weighted by Gasteiger charge is 2.20. The average Bonchev–Trinajstić information content (AvgIpc) is 3.28. The fourth-order valence-electron chi connectivity index (χ4n) is 2.89. The van der Waals surface area contributed by atoms with E-state index in [0.29, 0.717) is 17.2 Å². The molecule has 0 saturated heterocycles. The van der Waals surface area contributed by atoms with Crippen LogP contribution in [0.25, 0.3) is 11.3 Å². The van der Waals surface area contributed by atoms with Gasteiger partial charge in [0.1, 0.15) is 11.5 Å². The van der Waals surface area contributed by atoms with Crippen LogP contribution < -0.4 is 10.1 Å². The normalized spacial score (nSPS) is 10.4. The topological polar surface area (TPSA) is 138 Å². The van der Waals surface area contributed by atoms with Crippen molar-refractivity contribution in [1.29, 1.82) is 0 Å². The molecular formula is C22H14N4O6S. The number of nitro groups is 2. The van der Waals surface area contributed by atoms with E-state index >= 15 is 0 Å². The molecule has 0 aliphatic heterocycles. The molecule has 0 aliphatic carbocycles. The van der Waals surface area contributed by atoms with E-state index in [4.69, 9.17) is 4.74 Å². The van der Waals surface area contributed by atoms with Crippen LogP contribution in [0.1, 0.15) is 10.4 Å². The van der Waals surface area contributed by atoms with E-state index in [0.717, 1.165) is 35.1 Å². The third-order valence-corrected chi connectivity index (χ3v) is 5.20. The van der Waals surface area contributed by atoms with Gasteiger partial charge in [-0.25, -0.2) is 4.98 Å². The van der Waals surface area contributed by atoms with Crippen molar-refractivity contribution in [3.8, 4) is 22.8 Å². The molecule has 3 aromatic carbocycles. The minimum atomic E-state index is -0.795. The van der Waals surface area contributed by atoms with Gasteiger partial charge in [-0.3, -0.25) is 30.3 Å². The van der Waals surface area contributed by atoms with E-state index in [1.165, 1.54) is 0 Å². The predicted octanol–water partition coefficient (Wildman–Crippen LogP) is 5.67. The lowest BCUT2D eigenvalue weighted by Gasteiger charge is -2.06. The number of anilines is 1. The number of rotatable bonds is 7. The third-order valence-electron chi connectivity index (χ3n) is 4.44. The lowest BCUT2D eigenvalue weighted by atomic mass is 10.1. The fraction of sp³-hybridized carbons (Fsp3) is 0. The second kappa shape index (κ2) is 9.24. The molecule has 1 N–H and O–H groups in total. The SMILES string of the molecule is O=C(Nc1nc(-c2ccc(Oc3ccccc3)cc2)cs1)c1cc([N+](=O)[O-])cc([N+](=O)[O-])c1. The quantitative estimate of drug-likeness (QED) is 0.276. The van der Waals surface area contributed by atoms with Crippen LogP contribution >= 0.6 is 11.3 Å². The zero-order valence-electron chi connectivity index (χ0n) is 16.7. The molecule has 10 nitrogen and oxygen atoms in total. The van der Waals surface area contributed by atoms with Crippen molar-refractivity contribution >= 4 is 33.8 Å². The zero-order chi connectivity index (χ0) is 23.4. The monoisotopic (exact) mass is 462 g/mol. The molecule has 1 aromatic heterocycles. The Balaban J connectivity index is 1.48. The molecule has 0 fully saturated rings. The molecular weight excluding hydrogens is 448 g/mol. The van der Waals surface area contributed by atoms with Crippen molar-refractivity contribution in [3.05, 3.63) is 104 Å². The summed E-state index contributed by atoms with van der Waals surface area (Å²) in [4.78, 5) is 37.3. The summed E-state index contributed by atoms with van der Waals surface area (Å²) in [7, 11) is 0. The summed E-state index contributed by atoms with van der Waals surface area (Å²) in [5.74, 6) is 0.626. The van der Waals surface area contributed by atoms with Gasteiger partial charge in [0.05, 0.1) is 27.2 Å². The Bertz CT molecular complexity index is 1310. The molecule has 0 spiro atoms. The predicted molar refractivity (Wildman–Crippen MR) is 122 cm³/mol. The maximum atomic E-state index is 12.5. The number of amides is 1. The van der Waals surface area contributed by atoms with Crippen molar-refractivity contribution in [1.82, 2.24) is 4.98 Å². The number of carbonyl (C=O) groups excluding carboxylic acids is 1.